The predicted octanol–water partition coefficient (Wildman–Crippen LogP) is 1.92. The summed E-state index contributed by atoms with van der Waals surface area (Å²) in [6.45, 7) is 9.84. The van der Waals surface area contributed by atoms with Gasteiger partial charge in [-0.1, -0.05) is 13.8 Å². The van der Waals surface area contributed by atoms with Crippen molar-refractivity contribution in [3.63, 3.8) is 0 Å². The molecular weight excluding hydrogens is 236 g/mol. The van der Waals surface area contributed by atoms with Crippen molar-refractivity contribution in [2.75, 3.05) is 43.4 Å². The molecule has 19 heavy (non-hydrogen) atoms. The molecule has 1 saturated heterocycles. The van der Waals surface area contributed by atoms with Gasteiger partial charge >= 0.3 is 0 Å². The molecule has 0 aromatic heterocycles. The Balaban J connectivity index is 2.00. The molecule has 1 fully saturated rings. The summed E-state index contributed by atoms with van der Waals surface area (Å²) in [5.41, 5.74) is 8.42. The fourth-order valence-electron chi connectivity index (χ4n) is 2.60. The second-order valence-electron chi connectivity index (χ2n) is 5.57. The van der Waals surface area contributed by atoms with E-state index in [4.69, 9.17) is 11.0 Å². The van der Waals surface area contributed by atoms with E-state index in [1.54, 1.807) is 6.07 Å². The van der Waals surface area contributed by atoms with Gasteiger partial charge in [0.25, 0.3) is 0 Å². The summed E-state index contributed by atoms with van der Waals surface area (Å²) in [6.07, 6.45) is 0. The van der Waals surface area contributed by atoms with Gasteiger partial charge in [0, 0.05) is 32.7 Å². The highest BCUT2D eigenvalue weighted by molar-refractivity contribution is 5.69. The first-order valence-corrected chi connectivity index (χ1v) is 6.87. The zero-order valence-corrected chi connectivity index (χ0v) is 11.8. The van der Waals surface area contributed by atoms with Crippen molar-refractivity contribution in [2.45, 2.75) is 13.8 Å². The van der Waals surface area contributed by atoms with E-state index in [9.17, 15) is 0 Å². The van der Waals surface area contributed by atoms with Crippen LogP contribution < -0.4 is 10.6 Å². The van der Waals surface area contributed by atoms with E-state index in [2.05, 4.69) is 29.7 Å². The molecule has 1 aliphatic heterocycles. The fraction of sp³-hybridized carbons (Fsp3) is 0.533. The number of hydrogen-bond acceptors (Lipinski definition) is 4. The van der Waals surface area contributed by atoms with Gasteiger partial charge in [0.15, 0.2) is 0 Å². The van der Waals surface area contributed by atoms with Gasteiger partial charge in [-0.2, -0.15) is 5.26 Å². The first-order chi connectivity index (χ1) is 9.10. The summed E-state index contributed by atoms with van der Waals surface area (Å²) in [5, 5.41) is 8.86. The minimum atomic E-state index is 0.625. The lowest BCUT2D eigenvalue weighted by Crippen LogP contribution is -2.47. The van der Waals surface area contributed by atoms with Crippen molar-refractivity contribution < 1.29 is 0 Å². The summed E-state index contributed by atoms with van der Waals surface area (Å²) >= 11 is 0. The standard InChI is InChI=1S/C15H22N4/c1-12(2)11-18-5-7-19(8-6-18)15-4-3-13(10-16)9-14(15)17/h3-4,9,12H,5-8,11,17H2,1-2H3. The highest BCUT2D eigenvalue weighted by Gasteiger charge is 2.19. The number of benzene rings is 1. The smallest absolute Gasteiger partial charge is 0.0992 e. The summed E-state index contributed by atoms with van der Waals surface area (Å²) in [5.74, 6) is 0.714. The van der Waals surface area contributed by atoms with Crippen LogP contribution >= 0.6 is 0 Å². The molecule has 0 spiro atoms. The number of rotatable bonds is 3. The molecular formula is C15H22N4. The molecule has 0 unspecified atom stereocenters. The second-order valence-corrected chi connectivity index (χ2v) is 5.57. The Hall–Kier alpha value is -1.73. The highest BCUT2D eigenvalue weighted by atomic mass is 15.3. The number of nitrogens with zero attached hydrogens (tertiary/aromatic N) is 3. The number of nitrogen functional groups attached to an aromatic ring is 1. The zero-order valence-electron chi connectivity index (χ0n) is 11.8. The van der Waals surface area contributed by atoms with Crippen LogP contribution in [0.3, 0.4) is 0 Å². The number of nitriles is 1. The molecule has 1 heterocycles. The van der Waals surface area contributed by atoms with Crippen LogP contribution in [0.5, 0.6) is 0 Å². The quantitative estimate of drug-likeness (QED) is 0.842. The Morgan fingerprint density at radius 3 is 2.47 bits per heavy atom. The highest BCUT2D eigenvalue weighted by Crippen LogP contribution is 2.25. The largest absolute Gasteiger partial charge is 0.397 e. The first-order valence-electron chi connectivity index (χ1n) is 6.87. The third-order valence-corrected chi connectivity index (χ3v) is 3.49. The van der Waals surface area contributed by atoms with Crippen LogP contribution in [0.4, 0.5) is 11.4 Å². The lowest BCUT2D eigenvalue weighted by Gasteiger charge is -2.37. The van der Waals surface area contributed by atoms with Crippen LogP contribution in [0, 0.1) is 17.2 Å². The van der Waals surface area contributed by atoms with E-state index in [-0.39, 0.29) is 0 Å². The molecule has 0 saturated carbocycles. The Morgan fingerprint density at radius 2 is 1.95 bits per heavy atom. The molecule has 0 atom stereocenters. The Bertz CT molecular complexity index is 468. The minimum absolute atomic E-state index is 0.625. The van der Waals surface area contributed by atoms with Gasteiger partial charge in [-0.25, -0.2) is 0 Å². The van der Waals surface area contributed by atoms with Crippen LogP contribution in [-0.2, 0) is 0 Å². The number of piperazine rings is 1. The zero-order chi connectivity index (χ0) is 13.8. The maximum Gasteiger partial charge on any atom is 0.0992 e. The molecule has 2 rings (SSSR count). The summed E-state index contributed by atoms with van der Waals surface area (Å²) in [4.78, 5) is 4.81. The number of anilines is 2. The molecule has 4 nitrogen and oxygen atoms in total. The van der Waals surface area contributed by atoms with E-state index in [1.165, 1.54) is 0 Å². The third-order valence-electron chi connectivity index (χ3n) is 3.49. The molecule has 102 valence electrons. The average molecular weight is 258 g/mol. The molecule has 1 aromatic carbocycles. The van der Waals surface area contributed by atoms with Crippen molar-refractivity contribution in [2.24, 2.45) is 5.92 Å². The van der Waals surface area contributed by atoms with Gasteiger partial charge in [0.1, 0.15) is 0 Å². The van der Waals surface area contributed by atoms with Gasteiger partial charge in [0.2, 0.25) is 0 Å². The molecule has 0 bridgehead atoms. The first kappa shape index (κ1) is 13.7. The fourth-order valence-corrected chi connectivity index (χ4v) is 2.60. The molecule has 2 N–H and O–H groups in total. The topological polar surface area (TPSA) is 56.3 Å². The number of nitrogens with two attached hydrogens (primary N) is 1. The van der Waals surface area contributed by atoms with Crippen molar-refractivity contribution in [1.29, 1.82) is 5.26 Å². The van der Waals surface area contributed by atoms with Gasteiger partial charge in [0.05, 0.1) is 23.0 Å². The predicted molar refractivity (Wildman–Crippen MR) is 79.1 cm³/mol. The van der Waals surface area contributed by atoms with Crippen molar-refractivity contribution in [3.05, 3.63) is 23.8 Å². The van der Waals surface area contributed by atoms with E-state index in [0.29, 0.717) is 17.2 Å². The van der Waals surface area contributed by atoms with Crippen molar-refractivity contribution in [1.82, 2.24) is 4.90 Å². The summed E-state index contributed by atoms with van der Waals surface area (Å²) in [7, 11) is 0. The second kappa shape index (κ2) is 5.94. The van der Waals surface area contributed by atoms with Gasteiger partial charge in [-0.3, -0.25) is 4.90 Å². The van der Waals surface area contributed by atoms with E-state index >= 15 is 0 Å². The molecule has 0 aliphatic carbocycles. The Labute approximate surface area is 115 Å². The lowest BCUT2D eigenvalue weighted by molar-refractivity contribution is 0.231. The monoisotopic (exact) mass is 258 g/mol. The van der Waals surface area contributed by atoms with E-state index < -0.39 is 0 Å². The van der Waals surface area contributed by atoms with Crippen molar-refractivity contribution in [3.8, 4) is 6.07 Å². The Kier molecular flexibility index (Phi) is 4.28. The molecule has 1 aliphatic rings. The molecule has 4 heteroatoms. The van der Waals surface area contributed by atoms with Gasteiger partial charge < -0.3 is 10.6 Å². The maximum absolute atomic E-state index is 8.86. The van der Waals surface area contributed by atoms with E-state index in [0.717, 1.165) is 38.4 Å². The van der Waals surface area contributed by atoms with Gasteiger partial charge in [-0.05, 0) is 24.1 Å². The van der Waals surface area contributed by atoms with Crippen LogP contribution in [0.2, 0.25) is 0 Å². The van der Waals surface area contributed by atoms with Crippen LogP contribution in [0.25, 0.3) is 0 Å². The average Bonchev–Trinajstić information content (AvgIpc) is 2.39. The summed E-state index contributed by atoms with van der Waals surface area (Å²) in [6, 6.07) is 7.68. The molecule has 0 radical (unpaired) electrons. The Morgan fingerprint density at radius 1 is 1.26 bits per heavy atom. The van der Waals surface area contributed by atoms with Crippen LogP contribution in [0.15, 0.2) is 18.2 Å². The number of hydrogen-bond donors (Lipinski definition) is 1. The van der Waals surface area contributed by atoms with Crippen molar-refractivity contribution >= 4 is 11.4 Å². The normalized spacial score (nSPS) is 16.6. The maximum atomic E-state index is 8.86. The third kappa shape index (κ3) is 3.39. The molecule has 0 amide bonds. The lowest BCUT2D eigenvalue weighted by atomic mass is 10.1. The molecule has 1 aromatic rings. The van der Waals surface area contributed by atoms with Crippen LogP contribution in [-0.4, -0.2) is 37.6 Å². The van der Waals surface area contributed by atoms with E-state index in [1.807, 2.05) is 12.1 Å². The minimum Gasteiger partial charge on any atom is -0.397 e. The van der Waals surface area contributed by atoms with Gasteiger partial charge in [-0.15, -0.1) is 0 Å². The van der Waals surface area contributed by atoms with Crippen LogP contribution in [0.1, 0.15) is 19.4 Å². The SMILES string of the molecule is CC(C)CN1CCN(c2ccc(C#N)cc2N)CC1. The summed E-state index contributed by atoms with van der Waals surface area (Å²) < 4.78 is 0.